The second-order valence-electron chi connectivity index (χ2n) is 4.93. The molecule has 1 aliphatic carbocycles. The minimum atomic E-state index is -2.98. The zero-order chi connectivity index (χ0) is 13.1. The van der Waals surface area contributed by atoms with Crippen LogP contribution in [0.1, 0.15) is 32.6 Å². The Hall–Kier alpha value is -0.750. The number of aliphatic hydroxyl groups is 1. The number of nitrogens with two attached hydrogens (primary N) is 1. The van der Waals surface area contributed by atoms with Crippen LogP contribution < -0.4 is 11.1 Å². The van der Waals surface area contributed by atoms with Crippen LogP contribution in [0.15, 0.2) is 0 Å². The minimum Gasteiger partial charge on any atom is -0.382 e. The summed E-state index contributed by atoms with van der Waals surface area (Å²) in [5.41, 5.74) is 5.67. The van der Waals surface area contributed by atoms with Gasteiger partial charge in [-0.1, -0.05) is 19.3 Å². The van der Waals surface area contributed by atoms with Crippen LogP contribution in [0.2, 0.25) is 0 Å². The molecule has 1 saturated carbocycles. The summed E-state index contributed by atoms with van der Waals surface area (Å²) >= 11 is 0. The number of hydrogen-bond donors (Lipinski definition) is 3. The molecular formula is C11H20F2N2O2. The summed E-state index contributed by atoms with van der Waals surface area (Å²) in [6.07, 6.45) is 2.45. The normalized spacial score (nSPS) is 20.5. The highest BCUT2D eigenvalue weighted by atomic mass is 19.3. The lowest BCUT2D eigenvalue weighted by Gasteiger charge is -2.29. The van der Waals surface area contributed by atoms with E-state index < -0.39 is 30.5 Å². The highest BCUT2D eigenvalue weighted by Crippen LogP contribution is 2.30. The van der Waals surface area contributed by atoms with Crippen molar-refractivity contribution >= 4 is 5.91 Å². The fourth-order valence-corrected chi connectivity index (χ4v) is 1.78. The van der Waals surface area contributed by atoms with Crippen molar-refractivity contribution in [3.05, 3.63) is 0 Å². The van der Waals surface area contributed by atoms with Crippen molar-refractivity contribution in [2.24, 2.45) is 11.7 Å². The molecule has 0 heterocycles. The zero-order valence-electron chi connectivity index (χ0n) is 9.96. The molecule has 2 unspecified atom stereocenters. The van der Waals surface area contributed by atoms with Gasteiger partial charge in [0.05, 0.1) is 6.54 Å². The Morgan fingerprint density at radius 1 is 1.59 bits per heavy atom. The number of aliphatic hydroxyl groups excluding tert-OH is 1. The molecule has 4 N–H and O–H groups in total. The number of hydrogen-bond acceptors (Lipinski definition) is 3. The average molecular weight is 250 g/mol. The average Bonchev–Trinajstić information content (AvgIpc) is 2.17. The van der Waals surface area contributed by atoms with Gasteiger partial charge in [0.15, 0.2) is 0 Å². The Morgan fingerprint density at radius 3 is 2.59 bits per heavy atom. The fourth-order valence-electron chi connectivity index (χ4n) is 1.78. The SMILES string of the molecule is CC(F)(F)CNC(=O)C(O)C(N)CC1CCC1. The van der Waals surface area contributed by atoms with E-state index in [1.54, 1.807) is 0 Å². The molecular weight excluding hydrogens is 230 g/mol. The lowest BCUT2D eigenvalue weighted by molar-refractivity contribution is -0.132. The number of halogens is 2. The van der Waals surface area contributed by atoms with Crippen molar-refractivity contribution in [1.29, 1.82) is 0 Å². The van der Waals surface area contributed by atoms with Crippen molar-refractivity contribution in [3.63, 3.8) is 0 Å². The zero-order valence-corrected chi connectivity index (χ0v) is 9.96. The van der Waals surface area contributed by atoms with Crippen LogP contribution in [0, 0.1) is 5.92 Å². The van der Waals surface area contributed by atoms with Gasteiger partial charge in [-0.15, -0.1) is 0 Å². The van der Waals surface area contributed by atoms with Crippen LogP contribution in [0.4, 0.5) is 8.78 Å². The molecule has 1 fully saturated rings. The van der Waals surface area contributed by atoms with Crippen LogP contribution in [0.3, 0.4) is 0 Å². The standard InChI is InChI=1S/C11H20F2N2O2/c1-11(12,13)6-15-10(17)9(16)8(14)5-7-3-2-4-7/h7-9,16H,2-6,14H2,1H3,(H,15,17). The molecule has 4 nitrogen and oxygen atoms in total. The van der Waals surface area contributed by atoms with Gasteiger partial charge in [0.1, 0.15) is 6.10 Å². The van der Waals surface area contributed by atoms with Crippen LogP contribution >= 0.6 is 0 Å². The van der Waals surface area contributed by atoms with Gasteiger partial charge in [-0.25, -0.2) is 8.78 Å². The molecule has 0 aromatic heterocycles. The van der Waals surface area contributed by atoms with Crippen LogP contribution in [-0.2, 0) is 4.79 Å². The Morgan fingerprint density at radius 2 is 2.18 bits per heavy atom. The number of nitrogens with one attached hydrogen (secondary N) is 1. The Labute approximate surface area is 99.6 Å². The molecule has 0 bridgehead atoms. The van der Waals surface area contributed by atoms with Gasteiger partial charge in [-0.05, 0) is 12.3 Å². The van der Waals surface area contributed by atoms with E-state index in [1.807, 2.05) is 5.32 Å². The second kappa shape index (κ2) is 5.73. The quantitative estimate of drug-likeness (QED) is 0.647. The molecule has 1 amide bonds. The van der Waals surface area contributed by atoms with Gasteiger partial charge >= 0.3 is 0 Å². The molecule has 2 atom stereocenters. The molecule has 0 aliphatic heterocycles. The molecule has 0 spiro atoms. The maximum absolute atomic E-state index is 12.5. The first-order chi connectivity index (χ1) is 7.79. The third-order valence-corrected chi connectivity index (χ3v) is 3.08. The number of rotatable bonds is 6. The lowest BCUT2D eigenvalue weighted by atomic mass is 9.80. The first kappa shape index (κ1) is 14.3. The Balaban J connectivity index is 2.29. The van der Waals surface area contributed by atoms with Crippen molar-refractivity contribution in [2.45, 2.75) is 50.7 Å². The van der Waals surface area contributed by atoms with Gasteiger partial charge in [0, 0.05) is 13.0 Å². The van der Waals surface area contributed by atoms with E-state index in [9.17, 15) is 18.7 Å². The molecule has 1 rings (SSSR count). The van der Waals surface area contributed by atoms with E-state index in [0.717, 1.165) is 19.3 Å². The Bertz CT molecular complexity index is 265. The minimum absolute atomic E-state index is 0.458. The first-order valence-corrected chi connectivity index (χ1v) is 5.89. The van der Waals surface area contributed by atoms with Crippen molar-refractivity contribution in [2.75, 3.05) is 6.54 Å². The van der Waals surface area contributed by atoms with E-state index in [1.165, 1.54) is 0 Å². The maximum atomic E-state index is 12.5. The fraction of sp³-hybridized carbons (Fsp3) is 0.909. The van der Waals surface area contributed by atoms with Crippen LogP contribution in [0.5, 0.6) is 0 Å². The summed E-state index contributed by atoms with van der Waals surface area (Å²) in [4.78, 5) is 11.3. The third-order valence-electron chi connectivity index (χ3n) is 3.08. The van der Waals surface area contributed by atoms with Gasteiger partial charge in [0.25, 0.3) is 11.8 Å². The predicted molar refractivity (Wildman–Crippen MR) is 59.6 cm³/mol. The van der Waals surface area contributed by atoms with E-state index in [2.05, 4.69) is 0 Å². The second-order valence-corrected chi connectivity index (χ2v) is 4.93. The number of carbonyl (C=O) groups is 1. The summed E-state index contributed by atoms with van der Waals surface area (Å²) in [6, 6.07) is -0.675. The summed E-state index contributed by atoms with van der Waals surface area (Å²) in [6.45, 7) is -0.0764. The number of alkyl halides is 2. The number of carbonyl (C=O) groups excluding carboxylic acids is 1. The van der Waals surface area contributed by atoms with Gasteiger partial charge < -0.3 is 16.2 Å². The third kappa shape index (κ3) is 4.95. The van der Waals surface area contributed by atoms with Gasteiger partial charge in [-0.3, -0.25) is 4.79 Å². The molecule has 0 aromatic carbocycles. The summed E-state index contributed by atoms with van der Waals surface area (Å²) in [5.74, 6) is -3.34. The molecule has 0 aromatic rings. The lowest BCUT2D eigenvalue weighted by Crippen LogP contribution is -2.49. The van der Waals surface area contributed by atoms with E-state index in [4.69, 9.17) is 5.73 Å². The summed E-state index contributed by atoms with van der Waals surface area (Å²) < 4.78 is 25.0. The van der Waals surface area contributed by atoms with E-state index in [0.29, 0.717) is 19.3 Å². The van der Waals surface area contributed by atoms with Crippen molar-refractivity contribution in [3.8, 4) is 0 Å². The van der Waals surface area contributed by atoms with Gasteiger partial charge in [0.2, 0.25) is 0 Å². The summed E-state index contributed by atoms with van der Waals surface area (Å²) in [7, 11) is 0. The first-order valence-electron chi connectivity index (χ1n) is 5.89. The Kier molecular flexibility index (Phi) is 4.82. The smallest absolute Gasteiger partial charge is 0.262 e. The van der Waals surface area contributed by atoms with E-state index in [-0.39, 0.29) is 0 Å². The van der Waals surface area contributed by atoms with Crippen LogP contribution in [-0.4, -0.2) is 35.6 Å². The molecule has 0 radical (unpaired) electrons. The monoisotopic (exact) mass is 250 g/mol. The van der Waals surface area contributed by atoms with Crippen molar-refractivity contribution in [1.82, 2.24) is 5.32 Å². The highest BCUT2D eigenvalue weighted by molar-refractivity contribution is 5.81. The van der Waals surface area contributed by atoms with Gasteiger partial charge in [-0.2, -0.15) is 0 Å². The van der Waals surface area contributed by atoms with E-state index >= 15 is 0 Å². The highest BCUT2D eigenvalue weighted by Gasteiger charge is 2.30. The molecule has 100 valence electrons. The molecule has 17 heavy (non-hydrogen) atoms. The van der Waals surface area contributed by atoms with Crippen LogP contribution in [0.25, 0.3) is 0 Å². The summed E-state index contributed by atoms with van der Waals surface area (Å²) in [5, 5.41) is 11.6. The number of amides is 1. The topological polar surface area (TPSA) is 75.3 Å². The maximum Gasteiger partial charge on any atom is 0.262 e. The molecule has 1 aliphatic rings. The molecule has 0 saturated heterocycles. The predicted octanol–water partition coefficient (Wildman–Crippen LogP) is 0.636. The van der Waals surface area contributed by atoms with Crippen molar-refractivity contribution < 1.29 is 18.7 Å². The largest absolute Gasteiger partial charge is 0.382 e. The molecule has 6 heteroatoms.